The zero-order valence-corrected chi connectivity index (χ0v) is 19.1. The van der Waals surface area contributed by atoms with Gasteiger partial charge in [0.2, 0.25) is 0 Å². The lowest BCUT2D eigenvalue weighted by molar-refractivity contribution is 0.0772. The summed E-state index contributed by atoms with van der Waals surface area (Å²) in [7, 11) is 1.64. The highest BCUT2D eigenvalue weighted by molar-refractivity contribution is 7.99. The van der Waals surface area contributed by atoms with Crippen LogP contribution >= 0.6 is 11.8 Å². The Kier molecular flexibility index (Phi) is 6.10. The molecule has 2 heterocycles. The second-order valence-electron chi connectivity index (χ2n) is 8.62. The molecule has 0 bridgehead atoms. The second kappa shape index (κ2) is 8.79. The van der Waals surface area contributed by atoms with E-state index in [2.05, 4.69) is 25.2 Å². The summed E-state index contributed by atoms with van der Waals surface area (Å²) in [4.78, 5) is 27.9. The fourth-order valence-electron chi connectivity index (χ4n) is 4.12. The van der Waals surface area contributed by atoms with Crippen molar-refractivity contribution < 1.29 is 14.3 Å². The number of nitrogens with zero attached hydrogens (tertiary/aromatic N) is 1. The fourth-order valence-corrected chi connectivity index (χ4v) is 5.03. The highest BCUT2D eigenvalue weighted by Crippen LogP contribution is 2.32. The Labute approximate surface area is 187 Å². The van der Waals surface area contributed by atoms with Crippen LogP contribution in [0, 0.1) is 0 Å². The molecule has 0 unspecified atom stereocenters. The van der Waals surface area contributed by atoms with E-state index in [0.29, 0.717) is 11.1 Å². The average molecular weight is 437 g/mol. The third-order valence-electron chi connectivity index (χ3n) is 5.68. The Morgan fingerprint density at radius 2 is 1.84 bits per heavy atom. The van der Waals surface area contributed by atoms with E-state index in [1.807, 2.05) is 28.8 Å². The summed E-state index contributed by atoms with van der Waals surface area (Å²) in [6.45, 7) is 5.75. The predicted molar refractivity (Wildman–Crippen MR) is 126 cm³/mol. The van der Waals surface area contributed by atoms with Gasteiger partial charge in [-0.2, -0.15) is 11.8 Å². The predicted octanol–water partition coefficient (Wildman–Crippen LogP) is 4.03. The van der Waals surface area contributed by atoms with Crippen LogP contribution in [0.1, 0.15) is 45.7 Å². The number of rotatable bonds is 4. The Morgan fingerprint density at radius 1 is 1.10 bits per heavy atom. The zero-order valence-electron chi connectivity index (χ0n) is 18.2. The van der Waals surface area contributed by atoms with Crippen molar-refractivity contribution in [2.24, 2.45) is 0 Å². The topological polar surface area (TPSA) is 58.6 Å². The van der Waals surface area contributed by atoms with Crippen molar-refractivity contribution in [1.29, 1.82) is 0 Å². The Balaban J connectivity index is 1.64. The van der Waals surface area contributed by atoms with Gasteiger partial charge in [-0.3, -0.25) is 9.59 Å². The summed E-state index contributed by atoms with van der Waals surface area (Å²) in [6.07, 6.45) is 2.50. The fraction of sp³-hybridized carbons (Fsp3) is 0.360. The first-order chi connectivity index (χ1) is 14.9. The molecule has 1 fully saturated rings. The van der Waals surface area contributed by atoms with Crippen LogP contribution in [0.2, 0.25) is 0 Å². The molecule has 0 atom stereocenters. The Morgan fingerprint density at radius 3 is 2.58 bits per heavy atom. The van der Waals surface area contributed by atoms with Crippen molar-refractivity contribution in [3.05, 3.63) is 70.8 Å². The number of carbonyl (C=O) groups is 2. The van der Waals surface area contributed by atoms with Crippen LogP contribution in [-0.4, -0.2) is 53.8 Å². The number of benzene rings is 2. The molecule has 6 heteroatoms. The van der Waals surface area contributed by atoms with Gasteiger partial charge >= 0.3 is 0 Å². The van der Waals surface area contributed by atoms with E-state index < -0.39 is 0 Å². The second-order valence-corrected chi connectivity index (χ2v) is 9.84. The van der Waals surface area contributed by atoms with Gasteiger partial charge in [-0.1, -0.05) is 18.2 Å². The lowest BCUT2D eigenvalue weighted by Crippen LogP contribution is -2.43. The van der Waals surface area contributed by atoms with E-state index in [-0.39, 0.29) is 17.2 Å². The quantitative estimate of drug-likeness (QED) is 0.579. The lowest BCUT2D eigenvalue weighted by atomic mass is 9.85. The van der Waals surface area contributed by atoms with Crippen molar-refractivity contribution in [3.63, 3.8) is 0 Å². The zero-order chi connectivity index (χ0) is 22.0. The SMILES string of the molecule is COc1ccc2c(c1)C(=CC(=O)c1cccc(C(=O)N3CCSCC3)c1)NC(C)(C)C2. The number of amides is 1. The van der Waals surface area contributed by atoms with E-state index in [9.17, 15) is 9.59 Å². The van der Waals surface area contributed by atoms with Gasteiger partial charge in [0.05, 0.1) is 7.11 Å². The van der Waals surface area contributed by atoms with Crippen LogP contribution in [0.5, 0.6) is 5.75 Å². The molecule has 2 aromatic carbocycles. The van der Waals surface area contributed by atoms with Crippen LogP contribution in [0.3, 0.4) is 0 Å². The molecule has 2 aliphatic heterocycles. The smallest absolute Gasteiger partial charge is 0.253 e. The van der Waals surface area contributed by atoms with Gasteiger partial charge in [0.25, 0.3) is 5.91 Å². The third-order valence-corrected chi connectivity index (χ3v) is 6.62. The molecule has 0 saturated carbocycles. The molecular weight excluding hydrogens is 408 g/mol. The van der Waals surface area contributed by atoms with Crippen LogP contribution in [0.25, 0.3) is 5.70 Å². The van der Waals surface area contributed by atoms with E-state index in [1.54, 1.807) is 37.5 Å². The number of ether oxygens (including phenoxy) is 1. The maximum absolute atomic E-state index is 13.2. The van der Waals surface area contributed by atoms with Crippen molar-refractivity contribution >= 4 is 29.1 Å². The number of hydrogen-bond acceptors (Lipinski definition) is 5. The summed E-state index contributed by atoms with van der Waals surface area (Å²) in [5, 5.41) is 3.50. The highest BCUT2D eigenvalue weighted by Gasteiger charge is 2.28. The molecule has 2 aromatic rings. The summed E-state index contributed by atoms with van der Waals surface area (Å²) in [5.74, 6) is 2.54. The molecule has 0 aromatic heterocycles. The van der Waals surface area contributed by atoms with Crippen molar-refractivity contribution in [3.8, 4) is 5.75 Å². The standard InChI is InChI=1S/C25H28N2O3S/c1-25(2)16-19-7-8-20(30-3)14-21(19)22(26-25)15-23(28)17-5-4-6-18(13-17)24(29)27-9-11-31-12-10-27/h4-8,13-15,26H,9-12,16H2,1-3H3. The van der Waals surface area contributed by atoms with Gasteiger partial charge in [-0.05, 0) is 50.1 Å². The average Bonchev–Trinajstić information content (AvgIpc) is 2.78. The van der Waals surface area contributed by atoms with Crippen LogP contribution in [0.4, 0.5) is 0 Å². The first kappa shape index (κ1) is 21.5. The van der Waals surface area contributed by atoms with Crippen molar-refractivity contribution in [2.45, 2.75) is 25.8 Å². The minimum absolute atomic E-state index is 0.00499. The summed E-state index contributed by atoms with van der Waals surface area (Å²) >= 11 is 1.86. The van der Waals surface area contributed by atoms with Gasteiger partial charge in [0, 0.05) is 58.6 Å². The minimum atomic E-state index is -0.169. The summed E-state index contributed by atoms with van der Waals surface area (Å²) in [6, 6.07) is 13.0. The summed E-state index contributed by atoms with van der Waals surface area (Å²) in [5.41, 5.74) is 3.84. The first-order valence-corrected chi connectivity index (χ1v) is 11.7. The van der Waals surface area contributed by atoms with Crippen LogP contribution < -0.4 is 10.1 Å². The van der Waals surface area contributed by atoms with E-state index >= 15 is 0 Å². The Hall–Kier alpha value is -2.73. The molecule has 1 amide bonds. The van der Waals surface area contributed by atoms with Gasteiger partial charge in [0.1, 0.15) is 5.75 Å². The largest absolute Gasteiger partial charge is 0.497 e. The van der Waals surface area contributed by atoms with Gasteiger partial charge < -0.3 is 15.0 Å². The lowest BCUT2D eigenvalue weighted by Gasteiger charge is -2.35. The van der Waals surface area contributed by atoms with Crippen LogP contribution in [0.15, 0.2) is 48.5 Å². The number of hydrogen-bond donors (Lipinski definition) is 1. The molecule has 5 nitrogen and oxygen atoms in total. The molecule has 31 heavy (non-hydrogen) atoms. The monoisotopic (exact) mass is 436 g/mol. The minimum Gasteiger partial charge on any atom is -0.497 e. The van der Waals surface area contributed by atoms with Gasteiger partial charge in [-0.25, -0.2) is 0 Å². The van der Waals surface area contributed by atoms with Crippen molar-refractivity contribution in [1.82, 2.24) is 10.2 Å². The number of fused-ring (bicyclic) bond motifs is 1. The van der Waals surface area contributed by atoms with E-state index in [1.165, 1.54) is 5.56 Å². The molecule has 1 N–H and O–H groups in total. The normalized spacial score (nSPS) is 18.8. The maximum atomic E-state index is 13.2. The number of methoxy groups -OCH3 is 1. The molecule has 0 aliphatic carbocycles. The number of ketones is 1. The third kappa shape index (κ3) is 4.79. The number of nitrogens with one attached hydrogen (secondary N) is 1. The summed E-state index contributed by atoms with van der Waals surface area (Å²) < 4.78 is 5.39. The molecule has 0 radical (unpaired) electrons. The van der Waals surface area contributed by atoms with Gasteiger partial charge in [-0.15, -0.1) is 0 Å². The number of thioether (sulfide) groups is 1. The van der Waals surface area contributed by atoms with Gasteiger partial charge in [0.15, 0.2) is 5.78 Å². The molecule has 0 spiro atoms. The van der Waals surface area contributed by atoms with Crippen molar-refractivity contribution in [2.75, 3.05) is 31.7 Å². The highest BCUT2D eigenvalue weighted by atomic mass is 32.2. The first-order valence-electron chi connectivity index (χ1n) is 10.5. The number of carbonyl (C=O) groups excluding carboxylic acids is 2. The Bertz CT molecular complexity index is 1040. The maximum Gasteiger partial charge on any atom is 0.253 e. The van der Waals surface area contributed by atoms with E-state index in [4.69, 9.17) is 4.74 Å². The molecule has 2 aliphatic rings. The molecule has 4 rings (SSSR count). The molecular formula is C25H28N2O3S. The van der Waals surface area contributed by atoms with E-state index in [0.717, 1.165) is 48.0 Å². The molecule has 1 saturated heterocycles. The van der Waals surface area contributed by atoms with Crippen LogP contribution in [-0.2, 0) is 6.42 Å². The number of allylic oxidation sites excluding steroid dienone is 1. The molecule has 162 valence electrons.